The number of carbonyl (C=O) groups is 1. The van der Waals surface area contributed by atoms with Crippen LogP contribution < -0.4 is 5.32 Å². The van der Waals surface area contributed by atoms with E-state index in [9.17, 15) is 4.79 Å². The topological polar surface area (TPSA) is 75.9 Å². The molecule has 1 amide bonds. The molecule has 0 bridgehead atoms. The van der Waals surface area contributed by atoms with E-state index in [4.69, 9.17) is 0 Å². The summed E-state index contributed by atoms with van der Waals surface area (Å²) in [6.07, 6.45) is 3.87. The normalized spacial score (nSPS) is 15.8. The van der Waals surface area contributed by atoms with Gasteiger partial charge in [-0.15, -0.1) is 16.4 Å². The third kappa shape index (κ3) is 3.42. The van der Waals surface area contributed by atoms with Crippen LogP contribution in [0.25, 0.3) is 0 Å². The Morgan fingerprint density at radius 2 is 2.17 bits per heavy atom. The van der Waals surface area contributed by atoms with E-state index in [1.807, 2.05) is 24.7 Å². The monoisotopic (exact) mass is 334 g/mol. The molecule has 2 aromatic rings. The second-order valence-corrected chi connectivity index (χ2v) is 7.28. The van der Waals surface area contributed by atoms with Crippen molar-refractivity contribution in [2.24, 2.45) is 0 Å². The smallest absolute Gasteiger partial charge is 0.276 e. The molecule has 124 valence electrons. The van der Waals surface area contributed by atoms with Crippen LogP contribution in [0, 0.1) is 13.8 Å². The standard InChI is InChI=1S/C15H22N6OS/c1-10-14(18-19-21(10)12-4-6-16-7-5-12)15(22)20(3)9-13-8-17-11(2)23-13/h8,12,16H,4-7,9H2,1-3H3. The van der Waals surface area contributed by atoms with Gasteiger partial charge in [0.15, 0.2) is 5.69 Å². The van der Waals surface area contributed by atoms with Crippen LogP contribution in [0.2, 0.25) is 0 Å². The van der Waals surface area contributed by atoms with Gasteiger partial charge in [-0.2, -0.15) is 0 Å². The predicted octanol–water partition coefficient (Wildman–Crippen LogP) is 1.55. The molecular formula is C15H22N6OS. The average Bonchev–Trinajstić information content (AvgIpc) is 3.13. The van der Waals surface area contributed by atoms with Crippen molar-refractivity contribution in [3.05, 3.63) is 27.5 Å². The Morgan fingerprint density at radius 1 is 1.43 bits per heavy atom. The largest absolute Gasteiger partial charge is 0.335 e. The summed E-state index contributed by atoms with van der Waals surface area (Å²) < 4.78 is 1.92. The van der Waals surface area contributed by atoms with E-state index in [1.54, 1.807) is 23.3 Å². The van der Waals surface area contributed by atoms with Gasteiger partial charge >= 0.3 is 0 Å². The summed E-state index contributed by atoms with van der Waals surface area (Å²) in [6.45, 7) is 6.41. The highest BCUT2D eigenvalue weighted by molar-refractivity contribution is 7.11. The maximum absolute atomic E-state index is 12.7. The highest BCUT2D eigenvalue weighted by Crippen LogP contribution is 2.21. The summed E-state index contributed by atoms with van der Waals surface area (Å²) >= 11 is 1.61. The number of carbonyl (C=O) groups excluding carboxylic acids is 1. The molecule has 1 aliphatic heterocycles. The van der Waals surface area contributed by atoms with Gasteiger partial charge in [0.1, 0.15) is 0 Å². The molecular weight excluding hydrogens is 312 g/mol. The lowest BCUT2D eigenvalue weighted by atomic mass is 10.1. The molecule has 8 heteroatoms. The molecule has 3 rings (SSSR count). The van der Waals surface area contributed by atoms with Gasteiger partial charge in [-0.05, 0) is 39.8 Å². The molecule has 3 heterocycles. The minimum atomic E-state index is -0.0891. The molecule has 1 saturated heterocycles. The Bertz CT molecular complexity index is 688. The van der Waals surface area contributed by atoms with E-state index >= 15 is 0 Å². The zero-order chi connectivity index (χ0) is 16.4. The predicted molar refractivity (Wildman–Crippen MR) is 88.5 cm³/mol. The zero-order valence-electron chi connectivity index (χ0n) is 13.7. The molecule has 0 saturated carbocycles. The molecule has 2 aromatic heterocycles. The fourth-order valence-corrected chi connectivity index (χ4v) is 3.75. The molecule has 0 aliphatic carbocycles. The number of piperidine rings is 1. The Labute approximate surface area is 139 Å². The van der Waals surface area contributed by atoms with E-state index in [1.165, 1.54) is 0 Å². The molecule has 7 nitrogen and oxygen atoms in total. The molecule has 1 N–H and O–H groups in total. The summed E-state index contributed by atoms with van der Waals surface area (Å²) in [5.74, 6) is -0.0891. The first-order chi connectivity index (χ1) is 11.1. The van der Waals surface area contributed by atoms with Crippen LogP contribution >= 0.6 is 11.3 Å². The Hall–Kier alpha value is -1.80. The Kier molecular flexibility index (Phi) is 4.72. The summed E-state index contributed by atoms with van der Waals surface area (Å²) in [4.78, 5) is 19.6. The number of aryl methyl sites for hydroxylation is 1. The number of aromatic nitrogens is 4. The van der Waals surface area contributed by atoms with Gasteiger partial charge < -0.3 is 10.2 Å². The van der Waals surface area contributed by atoms with Gasteiger partial charge in [0.25, 0.3) is 5.91 Å². The fourth-order valence-electron chi connectivity index (χ4n) is 2.90. The molecule has 0 unspecified atom stereocenters. The number of thiazole rings is 1. The molecule has 0 atom stereocenters. The molecule has 0 radical (unpaired) electrons. The molecule has 23 heavy (non-hydrogen) atoms. The van der Waals surface area contributed by atoms with Crippen molar-refractivity contribution in [1.82, 2.24) is 30.2 Å². The Morgan fingerprint density at radius 3 is 2.83 bits per heavy atom. The van der Waals surface area contributed by atoms with Crippen LogP contribution in [0.5, 0.6) is 0 Å². The van der Waals surface area contributed by atoms with E-state index < -0.39 is 0 Å². The SMILES string of the molecule is Cc1ncc(CN(C)C(=O)c2nnn(C3CCNCC3)c2C)s1. The van der Waals surface area contributed by atoms with Crippen molar-refractivity contribution >= 4 is 17.2 Å². The summed E-state index contributed by atoms with van der Waals surface area (Å²) in [5.41, 5.74) is 1.31. The van der Waals surface area contributed by atoms with Crippen LogP contribution in [-0.4, -0.2) is 50.9 Å². The molecule has 0 aromatic carbocycles. The van der Waals surface area contributed by atoms with E-state index in [0.29, 0.717) is 18.3 Å². The second-order valence-electron chi connectivity index (χ2n) is 5.96. The highest BCUT2D eigenvalue weighted by atomic mass is 32.1. The highest BCUT2D eigenvalue weighted by Gasteiger charge is 2.24. The maximum Gasteiger partial charge on any atom is 0.276 e. The summed E-state index contributed by atoms with van der Waals surface area (Å²) in [7, 11) is 1.79. The summed E-state index contributed by atoms with van der Waals surface area (Å²) in [5, 5.41) is 12.7. The van der Waals surface area contributed by atoms with Crippen LogP contribution in [0.3, 0.4) is 0 Å². The summed E-state index contributed by atoms with van der Waals surface area (Å²) in [6, 6.07) is 0.333. The maximum atomic E-state index is 12.7. The lowest BCUT2D eigenvalue weighted by molar-refractivity contribution is 0.0779. The van der Waals surface area contributed by atoms with Gasteiger partial charge in [0.2, 0.25) is 0 Å². The van der Waals surface area contributed by atoms with Crippen LogP contribution in [0.15, 0.2) is 6.20 Å². The first-order valence-corrected chi connectivity index (χ1v) is 8.67. The fraction of sp³-hybridized carbons (Fsp3) is 0.600. The average molecular weight is 334 g/mol. The third-order valence-corrected chi connectivity index (χ3v) is 5.09. The van der Waals surface area contributed by atoms with Crippen molar-refractivity contribution in [3.63, 3.8) is 0 Å². The van der Waals surface area contributed by atoms with Crippen molar-refractivity contribution in [3.8, 4) is 0 Å². The van der Waals surface area contributed by atoms with E-state index in [0.717, 1.165) is 41.5 Å². The van der Waals surface area contributed by atoms with Crippen molar-refractivity contribution in [2.75, 3.05) is 20.1 Å². The second kappa shape index (κ2) is 6.76. The van der Waals surface area contributed by atoms with Crippen LogP contribution in [0.1, 0.15) is 45.0 Å². The van der Waals surface area contributed by atoms with Gasteiger partial charge in [0.05, 0.1) is 23.3 Å². The lowest BCUT2D eigenvalue weighted by Gasteiger charge is -2.23. The third-order valence-electron chi connectivity index (χ3n) is 4.19. The molecule has 1 fully saturated rings. The van der Waals surface area contributed by atoms with E-state index in [-0.39, 0.29) is 5.91 Å². The quantitative estimate of drug-likeness (QED) is 0.918. The minimum absolute atomic E-state index is 0.0891. The Balaban J connectivity index is 1.73. The number of nitrogens with one attached hydrogen (secondary N) is 1. The van der Waals surface area contributed by atoms with Crippen molar-refractivity contribution < 1.29 is 4.79 Å². The van der Waals surface area contributed by atoms with Crippen molar-refractivity contribution in [1.29, 1.82) is 0 Å². The zero-order valence-corrected chi connectivity index (χ0v) is 14.6. The van der Waals surface area contributed by atoms with Gasteiger partial charge in [-0.1, -0.05) is 5.21 Å². The lowest BCUT2D eigenvalue weighted by Crippen LogP contribution is -2.30. The minimum Gasteiger partial charge on any atom is -0.335 e. The number of hydrogen-bond donors (Lipinski definition) is 1. The number of rotatable bonds is 4. The van der Waals surface area contributed by atoms with Crippen molar-refractivity contribution in [2.45, 2.75) is 39.3 Å². The first-order valence-electron chi connectivity index (χ1n) is 7.85. The molecule has 1 aliphatic rings. The number of hydrogen-bond acceptors (Lipinski definition) is 6. The first kappa shape index (κ1) is 16.1. The van der Waals surface area contributed by atoms with Gasteiger partial charge in [-0.25, -0.2) is 9.67 Å². The van der Waals surface area contributed by atoms with E-state index in [2.05, 4.69) is 20.6 Å². The number of amides is 1. The van der Waals surface area contributed by atoms with Gasteiger partial charge in [-0.3, -0.25) is 4.79 Å². The van der Waals surface area contributed by atoms with Crippen LogP contribution in [0.4, 0.5) is 0 Å². The van der Waals surface area contributed by atoms with Crippen LogP contribution in [-0.2, 0) is 6.54 Å². The molecule has 0 spiro atoms. The number of nitrogens with zero attached hydrogens (tertiary/aromatic N) is 5. The van der Waals surface area contributed by atoms with Gasteiger partial charge in [0, 0.05) is 18.1 Å².